The van der Waals surface area contributed by atoms with Gasteiger partial charge in [0.25, 0.3) is 0 Å². The molecule has 0 aliphatic heterocycles. The number of carbonyl (C=O) groups is 2. The maximum Gasteiger partial charge on any atom is 0.316 e. The van der Waals surface area contributed by atoms with E-state index in [4.69, 9.17) is 9.47 Å². The van der Waals surface area contributed by atoms with Crippen LogP contribution in [-0.4, -0.2) is 30.6 Å². The summed E-state index contributed by atoms with van der Waals surface area (Å²) in [7, 11) is 1.44. The van der Waals surface area contributed by atoms with Crippen molar-refractivity contribution in [1.29, 1.82) is 0 Å². The molecule has 4 nitrogen and oxygen atoms in total. The standard InChI is InChI=1S/C17H24O4/c1-9(2)21-16-8-14(3,4)11-10(18)12(16)17(16,13(19)20-5)15(11)6-7-15/h9,11-12H,6-8H2,1-5H3/t11-,12+,16+,17+/m1/s1. The molecule has 0 aromatic rings. The smallest absolute Gasteiger partial charge is 0.316 e. The average Bonchev–Trinajstić information content (AvgIpc) is 3.18. The molecule has 5 aliphatic carbocycles. The molecule has 5 aliphatic rings. The minimum atomic E-state index is -0.684. The van der Waals surface area contributed by atoms with Crippen LogP contribution in [0.5, 0.6) is 0 Å². The molecule has 0 amide bonds. The van der Waals surface area contributed by atoms with Crippen LogP contribution in [0.3, 0.4) is 0 Å². The van der Waals surface area contributed by atoms with Crippen molar-refractivity contribution >= 4 is 11.8 Å². The van der Waals surface area contributed by atoms with Crippen molar-refractivity contribution in [1.82, 2.24) is 0 Å². The van der Waals surface area contributed by atoms with E-state index in [1.807, 2.05) is 13.8 Å². The quantitative estimate of drug-likeness (QED) is 0.749. The molecule has 4 atom stereocenters. The Labute approximate surface area is 125 Å². The second-order valence-corrected chi connectivity index (χ2v) is 8.45. The maximum atomic E-state index is 13.0. The molecule has 0 aromatic heterocycles. The van der Waals surface area contributed by atoms with Gasteiger partial charge in [-0.2, -0.15) is 0 Å². The topological polar surface area (TPSA) is 52.6 Å². The number of methoxy groups -OCH3 is 1. The molecule has 116 valence electrons. The number of hydrogen-bond donors (Lipinski definition) is 0. The van der Waals surface area contributed by atoms with Crippen molar-refractivity contribution in [3.8, 4) is 0 Å². The SMILES string of the molecule is COC(=O)[C@]12[C@H]3C(=O)[C@H](C(C)(C)C[C@]31OC(C)C)C21CC1. The van der Waals surface area contributed by atoms with Gasteiger partial charge in [0.05, 0.1) is 24.7 Å². The van der Waals surface area contributed by atoms with Crippen LogP contribution in [0.15, 0.2) is 0 Å². The Kier molecular flexibility index (Phi) is 2.20. The number of Topliss-reactive ketones (excluding diaryl/α,β-unsaturated/α-hetero) is 1. The van der Waals surface area contributed by atoms with Gasteiger partial charge in [0.2, 0.25) is 0 Å². The lowest BCUT2D eigenvalue weighted by Crippen LogP contribution is -2.55. The predicted octanol–water partition coefficient (Wildman–Crippen LogP) is 2.35. The van der Waals surface area contributed by atoms with E-state index in [0.29, 0.717) is 0 Å². The highest BCUT2D eigenvalue weighted by Gasteiger charge is 3.02. The number of fused-ring (bicyclic) bond motifs is 1. The van der Waals surface area contributed by atoms with E-state index in [1.165, 1.54) is 7.11 Å². The fourth-order valence-corrected chi connectivity index (χ4v) is 6.58. The minimum absolute atomic E-state index is 0.00624. The summed E-state index contributed by atoms with van der Waals surface area (Å²) in [5, 5.41) is 0. The summed E-state index contributed by atoms with van der Waals surface area (Å²) >= 11 is 0. The van der Waals surface area contributed by atoms with Gasteiger partial charge < -0.3 is 9.47 Å². The van der Waals surface area contributed by atoms with Gasteiger partial charge in [-0.15, -0.1) is 0 Å². The van der Waals surface area contributed by atoms with Gasteiger partial charge in [0, 0.05) is 11.3 Å². The summed E-state index contributed by atoms with van der Waals surface area (Å²) in [5.74, 6) is -0.209. The van der Waals surface area contributed by atoms with E-state index in [1.54, 1.807) is 0 Å². The van der Waals surface area contributed by atoms with Crippen LogP contribution in [0.1, 0.15) is 47.0 Å². The zero-order valence-corrected chi connectivity index (χ0v) is 13.5. The predicted molar refractivity (Wildman–Crippen MR) is 75.5 cm³/mol. The van der Waals surface area contributed by atoms with Crippen LogP contribution in [0.25, 0.3) is 0 Å². The third-order valence-corrected chi connectivity index (χ3v) is 6.63. The molecule has 4 bridgehead atoms. The molecule has 1 spiro atoms. The zero-order chi connectivity index (χ0) is 15.4. The maximum absolute atomic E-state index is 13.0. The van der Waals surface area contributed by atoms with Crippen molar-refractivity contribution in [2.24, 2.45) is 28.1 Å². The van der Waals surface area contributed by atoms with Crippen molar-refractivity contribution < 1.29 is 19.1 Å². The second kappa shape index (κ2) is 3.37. The number of hydrogen-bond acceptors (Lipinski definition) is 4. The first-order valence-corrected chi connectivity index (χ1v) is 8.01. The molecule has 5 fully saturated rings. The summed E-state index contributed by atoms with van der Waals surface area (Å²) in [6.45, 7) is 8.29. The first kappa shape index (κ1) is 13.7. The Balaban J connectivity index is 1.91. The molecule has 5 saturated carbocycles. The highest BCUT2D eigenvalue weighted by molar-refractivity contribution is 6.07. The number of rotatable bonds is 3. The van der Waals surface area contributed by atoms with E-state index in [9.17, 15) is 9.59 Å². The van der Waals surface area contributed by atoms with E-state index in [0.717, 1.165) is 19.3 Å². The first-order chi connectivity index (χ1) is 9.71. The van der Waals surface area contributed by atoms with E-state index < -0.39 is 11.0 Å². The van der Waals surface area contributed by atoms with E-state index in [-0.39, 0.29) is 40.5 Å². The van der Waals surface area contributed by atoms with Crippen LogP contribution in [-0.2, 0) is 19.1 Å². The molecule has 4 heteroatoms. The summed E-state index contributed by atoms with van der Waals surface area (Å²) < 4.78 is 11.4. The fourth-order valence-electron chi connectivity index (χ4n) is 6.58. The van der Waals surface area contributed by atoms with Gasteiger partial charge in [-0.25, -0.2) is 0 Å². The number of ether oxygens (including phenoxy) is 2. The minimum Gasteiger partial charge on any atom is -0.468 e. The third-order valence-electron chi connectivity index (χ3n) is 6.63. The summed E-state index contributed by atoms with van der Waals surface area (Å²) in [6, 6.07) is 0. The molecule has 0 unspecified atom stereocenters. The summed E-state index contributed by atoms with van der Waals surface area (Å²) in [5.41, 5.74) is -1.57. The monoisotopic (exact) mass is 292 g/mol. The van der Waals surface area contributed by atoms with Crippen LogP contribution in [0.4, 0.5) is 0 Å². The molecule has 0 N–H and O–H groups in total. The van der Waals surface area contributed by atoms with Crippen molar-refractivity contribution in [2.45, 2.75) is 58.7 Å². The third kappa shape index (κ3) is 1.10. The van der Waals surface area contributed by atoms with Crippen molar-refractivity contribution in [3.05, 3.63) is 0 Å². The first-order valence-electron chi connectivity index (χ1n) is 8.01. The van der Waals surface area contributed by atoms with Gasteiger partial charge in [0.1, 0.15) is 11.2 Å². The summed E-state index contributed by atoms with van der Waals surface area (Å²) in [6.07, 6.45) is 2.72. The molecule has 0 heterocycles. The van der Waals surface area contributed by atoms with Crippen molar-refractivity contribution in [3.63, 3.8) is 0 Å². The van der Waals surface area contributed by atoms with E-state index >= 15 is 0 Å². The molecule has 0 saturated heterocycles. The van der Waals surface area contributed by atoms with Crippen LogP contribution >= 0.6 is 0 Å². The number of ketones is 1. The van der Waals surface area contributed by atoms with Crippen molar-refractivity contribution in [2.75, 3.05) is 7.11 Å². The van der Waals surface area contributed by atoms with Crippen LogP contribution < -0.4 is 0 Å². The number of carbonyl (C=O) groups excluding carboxylic acids is 2. The second-order valence-electron chi connectivity index (χ2n) is 8.45. The highest BCUT2D eigenvalue weighted by atomic mass is 16.5. The lowest BCUT2D eigenvalue weighted by atomic mass is 9.56. The Morgan fingerprint density at radius 1 is 1.24 bits per heavy atom. The van der Waals surface area contributed by atoms with Gasteiger partial charge in [-0.05, 0) is 38.5 Å². The summed E-state index contributed by atoms with van der Waals surface area (Å²) in [4.78, 5) is 25.7. The largest absolute Gasteiger partial charge is 0.468 e. The molecule has 21 heavy (non-hydrogen) atoms. The Morgan fingerprint density at radius 3 is 2.33 bits per heavy atom. The molecule has 0 aromatic carbocycles. The lowest BCUT2D eigenvalue weighted by molar-refractivity contribution is -0.178. The highest BCUT2D eigenvalue weighted by Crippen LogP contribution is 2.93. The molecule has 5 rings (SSSR count). The average molecular weight is 292 g/mol. The molecular formula is C17H24O4. The fraction of sp³-hybridized carbons (Fsp3) is 0.882. The Hall–Kier alpha value is -0.900. The number of esters is 1. The molecular weight excluding hydrogens is 268 g/mol. The van der Waals surface area contributed by atoms with Gasteiger partial charge in [-0.3, -0.25) is 9.59 Å². The zero-order valence-electron chi connectivity index (χ0n) is 13.5. The Morgan fingerprint density at radius 2 is 1.86 bits per heavy atom. The molecule has 0 radical (unpaired) electrons. The van der Waals surface area contributed by atoms with Gasteiger partial charge >= 0.3 is 5.97 Å². The van der Waals surface area contributed by atoms with Crippen LogP contribution in [0.2, 0.25) is 0 Å². The van der Waals surface area contributed by atoms with Gasteiger partial charge in [0.15, 0.2) is 0 Å². The Bertz CT molecular complexity index is 559. The normalized spacial score (nSPS) is 46.9. The van der Waals surface area contributed by atoms with Crippen LogP contribution in [0, 0.1) is 28.1 Å². The van der Waals surface area contributed by atoms with E-state index in [2.05, 4.69) is 13.8 Å². The lowest BCUT2D eigenvalue weighted by Gasteiger charge is -2.50. The van der Waals surface area contributed by atoms with Gasteiger partial charge in [-0.1, -0.05) is 13.8 Å².